The van der Waals surface area contributed by atoms with Crippen LogP contribution < -0.4 is 4.74 Å². The number of ether oxygens (including phenoxy) is 4. The molecule has 1 amide bonds. The van der Waals surface area contributed by atoms with Gasteiger partial charge in [0.15, 0.2) is 5.79 Å². The van der Waals surface area contributed by atoms with E-state index in [0.29, 0.717) is 63.8 Å². The number of rotatable bonds is 5. The second kappa shape index (κ2) is 7.90. The van der Waals surface area contributed by atoms with Crippen molar-refractivity contribution in [3.63, 3.8) is 0 Å². The highest BCUT2D eigenvalue weighted by Crippen LogP contribution is 2.31. The van der Waals surface area contributed by atoms with Gasteiger partial charge in [0, 0.05) is 38.2 Å². The zero-order valence-electron chi connectivity index (χ0n) is 15.8. The van der Waals surface area contributed by atoms with Crippen LogP contribution in [-0.2, 0) is 14.2 Å². The van der Waals surface area contributed by atoms with E-state index in [1.165, 1.54) is 0 Å². The SMILES string of the molecule is CC(C)(C)OCCOc1ccc(C(=O)N2CCC3(CC2)OCCO3)cn1. The van der Waals surface area contributed by atoms with Crippen LogP contribution in [0.2, 0.25) is 0 Å². The summed E-state index contributed by atoms with van der Waals surface area (Å²) in [6.07, 6.45) is 2.98. The number of hydrogen-bond donors (Lipinski definition) is 0. The Labute approximate surface area is 154 Å². The Bertz CT molecular complexity index is 595. The third-order valence-corrected chi connectivity index (χ3v) is 4.48. The lowest BCUT2D eigenvalue weighted by Crippen LogP contribution is -2.47. The van der Waals surface area contributed by atoms with E-state index >= 15 is 0 Å². The molecule has 1 spiro atoms. The minimum atomic E-state index is -0.470. The highest BCUT2D eigenvalue weighted by molar-refractivity contribution is 5.94. The van der Waals surface area contributed by atoms with Crippen LogP contribution in [-0.4, -0.2) is 66.7 Å². The molecule has 0 radical (unpaired) electrons. The lowest BCUT2D eigenvalue weighted by molar-refractivity contribution is -0.181. The standard InChI is InChI=1S/C19H28N2O5/c1-18(2,3)24-11-10-23-16-5-4-15(14-20-16)17(22)21-8-6-19(7-9-21)25-12-13-26-19/h4-5,14H,6-13H2,1-3H3. The maximum absolute atomic E-state index is 12.6. The van der Waals surface area contributed by atoms with Gasteiger partial charge in [-0.1, -0.05) is 0 Å². The molecule has 7 heteroatoms. The average Bonchev–Trinajstić information content (AvgIpc) is 3.07. The number of nitrogens with zero attached hydrogens (tertiary/aromatic N) is 2. The second-order valence-electron chi connectivity index (χ2n) is 7.59. The normalized spacial score (nSPS) is 19.7. The molecule has 2 saturated heterocycles. The predicted molar refractivity (Wildman–Crippen MR) is 95.2 cm³/mol. The molecule has 2 fully saturated rings. The molecule has 3 rings (SSSR count). The third kappa shape index (κ3) is 4.93. The van der Waals surface area contributed by atoms with Crippen molar-refractivity contribution < 1.29 is 23.7 Å². The molecule has 0 aliphatic carbocycles. The summed E-state index contributed by atoms with van der Waals surface area (Å²) in [7, 11) is 0. The van der Waals surface area contributed by atoms with Crippen molar-refractivity contribution in [1.29, 1.82) is 0 Å². The first kappa shape index (κ1) is 19.1. The lowest BCUT2D eigenvalue weighted by Gasteiger charge is -2.37. The summed E-state index contributed by atoms with van der Waals surface area (Å²) in [5.41, 5.74) is 0.377. The van der Waals surface area contributed by atoms with Crippen molar-refractivity contribution >= 4 is 5.91 Å². The van der Waals surface area contributed by atoms with E-state index in [2.05, 4.69) is 4.98 Å². The fourth-order valence-corrected chi connectivity index (χ4v) is 3.11. The lowest BCUT2D eigenvalue weighted by atomic mass is 10.0. The van der Waals surface area contributed by atoms with Crippen LogP contribution in [0.15, 0.2) is 18.3 Å². The first-order valence-corrected chi connectivity index (χ1v) is 9.17. The number of hydrogen-bond acceptors (Lipinski definition) is 6. The van der Waals surface area contributed by atoms with Crippen LogP contribution in [0.25, 0.3) is 0 Å². The number of amides is 1. The van der Waals surface area contributed by atoms with Gasteiger partial charge in [0.1, 0.15) is 6.61 Å². The Hall–Kier alpha value is -1.70. The van der Waals surface area contributed by atoms with Gasteiger partial charge in [-0.3, -0.25) is 4.79 Å². The summed E-state index contributed by atoms with van der Waals surface area (Å²) in [5, 5.41) is 0. The van der Waals surface area contributed by atoms with E-state index in [0.717, 1.165) is 0 Å². The van der Waals surface area contributed by atoms with Crippen molar-refractivity contribution in [3.05, 3.63) is 23.9 Å². The first-order chi connectivity index (χ1) is 12.4. The predicted octanol–water partition coefficient (Wildman–Crippen LogP) is 2.25. The van der Waals surface area contributed by atoms with Crippen LogP contribution in [0.5, 0.6) is 5.88 Å². The second-order valence-corrected chi connectivity index (χ2v) is 7.59. The highest BCUT2D eigenvalue weighted by Gasteiger charge is 2.40. The van der Waals surface area contributed by atoms with Gasteiger partial charge in [-0.05, 0) is 26.8 Å². The van der Waals surface area contributed by atoms with Crippen LogP contribution in [0.4, 0.5) is 0 Å². The summed E-state index contributed by atoms with van der Waals surface area (Å²) >= 11 is 0. The Kier molecular flexibility index (Phi) is 5.79. The van der Waals surface area contributed by atoms with Crippen molar-refractivity contribution in [2.24, 2.45) is 0 Å². The average molecular weight is 364 g/mol. The van der Waals surface area contributed by atoms with Gasteiger partial charge < -0.3 is 23.8 Å². The third-order valence-electron chi connectivity index (χ3n) is 4.48. The fourth-order valence-electron chi connectivity index (χ4n) is 3.11. The van der Waals surface area contributed by atoms with Crippen LogP contribution in [0, 0.1) is 0 Å². The molecule has 0 bridgehead atoms. The molecule has 7 nitrogen and oxygen atoms in total. The minimum absolute atomic E-state index is 0.0204. The maximum atomic E-state index is 12.6. The van der Waals surface area contributed by atoms with Gasteiger partial charge in [0.05, 0.1) is 31.0 Å². The van der Waals surface area contributed by atoms with Gasteiger partial charge in [-0.15, -0.1) is 0 Å². The van der Waals surface area contributed by atoms with Gasteiger partial charge >= 0.3 is 0 Å². The largest absolute Gasteiger partial charge is 0.475 e. The molecular formula is C19H28N2O5. The van der Waals surface area contributed by atoms with Crippen LogP contribution in [0.1, 0.15) is 44.0 Å². The Morgan fingerprint density at radius 1 is 1.19 bits per heavy atom. The number of pyridine rings is 1. The number of piperidine rings is 1. The smallest absolute Gasteiger partial charge is 0.255 e. The molecule has 0 saturated carbocycles. The van der Waals surface area contributed by atoms with Gasteiger partial charge in [0.2, 0.25) is 5.88 Å². The number of likely N-dealkylation sites (tertiary alicyclic amines) is 1. The zero-order chi connectivity index (χ0) is 18.6. The van der Waals surface area contributed by atoms with E-state index in [9.17, 15) is 4.79 Å². The molecule has 0 aromatic carbocycles. The molecule has 1 aromatic heterocycles. The monoisotopic (exact) mass is 364 g/mol. The molecule has 0 unspecified atom stereocenters. The van der Waals surface area contributed by atoms with Gasteiger partial charge in [-0.2, -0.15) is 0 Å². The Morgan fingerprint density at radius 2 is 1.88 bits per heavy atom. The van der Waals surface area contributed by atoms with Crippen molar-refractivity contribution in [1.82, 2.24) is 9.88 Å². The molecule has 2 aliphatic heterocycles. The Balaban J connectivity index is 1.46. The molecule has 1 aromatic rings. The molecule has 2 aliphatic rings. The van der Waals surface area contributed by atoms with E-state index in [1.54, 1.807) is 18.3 Å². The van der Waals surface area contributed by atoms with Crippen molar-refractivity contribution in [2.45, 2.75) is 45.0 Å². The molecule has 26 heavy (non-hydrogen) atoms. The summed E-state index contributed by atoms with van der Waals surface area (Å²) < 4.78 is 22.5. The molecule has 0 N–H and O–H groups in total. The molecule has 0 atom stereocenters. The topological polar surface area (TPSA) is 70.1 Å². The van der Waals surface area contributed by atoms with Crippen LogP contribution >= 0.6 is 0 Å². The summed E-state index contributed by atoms with van der Waals surface area (Å²) in [6, 6.07) is 3.47. The van der Waals surface area contributed by atoms with Crippen LogP contribution in [0.3, 0.4) is 0 Å². The number of carbonyl (C=O) groups excluding carboxylic acids is 1. The van der Waals surface area contributed by atoms with Gasteiger partial charge in [-0.25, -0.2) is 4.98 Å². The van der Waals surface area contributed by atoms with E-state index in [-0.39, 0.29) is 11.5 Å². The Morgan fingerprint density at radius 3 is 2.46 bits per heavy atom. The quantitative estimate of drug-likeness (QED) is 0.747. The molecular weight excluding hydrogens is 336 g/mol. The summed E-state index contributed by atoms with van der Waals surface area (Å²) in [4.78, 5) is 18.7. The van der Waals surface area contributed by atoms with Crippen molar-refractivity contribution in [2.75, 3.05) is 39.5 Å². The van der Waals surface area contributed by atoms with Crippen molar-refractivity contribution in [3.8, 4) is 5.88 Å². The zero-order valence-corrected chi connectivity index (χ0v) is 15.8. The van der Waals surface area contributed by atoms with E-state index < -0.39 is 5.79 Å². The molecule has 3 heterocycles. The number of carbonyl (C=O) groups is 1. The van der Waals surface area contributed by atoms with E-state index in [4.69, 9.17) is 18.9 Å². The van der Waals surface area contributed by atoms with E-state index in [1.807, 2.05) is 25.7 Å². The summed E-state index contributed by atoms with van der Waals surface area (Å²) in [5.74, 6) is -0.000592. The fraction of sp³-hybridized carbons (Fsp3) is 0.684. The maximum Gasteiger partial charge on any atom is 0.255 e. The molecule has 144 valence electrons. The highest BCUT2D eigenvalue weighted by atomic mass is 16.7. The minimum Gasteiger partial charge on any atom is -0.475 e. The van der Waals surface area contributed by atoms with Gasteiger partial charge in [0.25, 0.3) is 5.91 Å². The summed E-state index contributed by atoms with van der Waals surface area (Å²) in [6.45, 7) is 9.44. The number of aromatic nitrogens is 1. The first-order valence-electron chi connectivity index (χ1n) is 9.17.